The predicted molar refractivity (Wildman–Crippen MR) is 123 cm³/mol. The van der Waals surface area contributed by atoms with E-state index in [2.05, 4.69) is 10.3 Å². The summed E-state index contributed by atoms with van der Waals surface area (Å²) in [7, 11) is 0. The van der Waals surface area contributed by atoms with E-state index in [9.17, 15) is 9.59 Å². The first kappa shape index (κ1) is 21.6. The van der Waals surface area contributed by atoms with Crippen molar-refractivity contribution in [3.63, 3.8) is 0 Å². The second-order valence-corrected chi connectivity index (χ2v) is 7.85. The zero-order valence-corrected chi connectivity index (χ0v) is 18.6. The monoisotopic (exact) mass is 449 g/mol. The van der Waals surface area contributed by atoms with Crippen LogP contribution in [0.2, 0.25) is 0 Å². The molecule has 2 aromatic heterocycles. The lowest BCUT2D eigenvalue weighted by Gasteiger charge is -2.15. The highest BCUT2D eigenvalue weighted by Gasteiger charge is 2.39. The average molecular weight is 450 g/mol. The SMILES string of the molecule is CCOc1ccc(NC2=C(c3cccs3)C(=O)N(Cc3ccccn3)C2=O)cc1OCC. The minimum Gasteiger partial charge on any atom is -0.490 e. The Bertz CT molecular complexity index is 1140. The molecule has 32 heavy (non-hydrogen) atoms. The van der Waals surface area contributed by atoms with Gasteiger partial charge in [0.25, 0.3) is 11.8 Å². The second kappa shape index (κ2) is 9.65. The van der Waals surface area contributed by atoms with Crippen molar-refractivity contribution in [2.24, 2.45) is 0 Å². The van der Waals surface area contributed by atoms with E-state index in [0.717, 1.165) is 4.88 Å². The van der Waals surface area contributed by atoms with Crippen LogP contribution in [0, 0.1) is 0 Å². The molecule has 0 radical (unpaired) electrons. The van der Waals surface area contributed by atoms with Crippen LogP contribution in [0.1, 0.15) is 24.4 Å². The number of carbonyl (C=O) groups is 2. The van der Waals surface area contributed by atoms with Gasteiger partial charge < -0.3 is 14.8 Å². The molecule has 3 heterocycles. The van der Waals surface area contributed by atoms with Crippen molar-refractivity contribution < 1.29 is 19.1 Å². The summed E-state index contributed by atoms with van der Waals surface area (Å²) in [5.41, 5.74) is 1.86. The topological polar surface area (TPSA) is 80.8 Å². The molecule has 8 heteroatoms. The van der Waals surface area contributed by atoms with Crippen LogP contribution >= 0.6 is 11.3 Å². The Hall–Kier alpha value is -3.65. The molecule has 4 rings (SSSR count). The summed E-state index contributed by atoms with van der Waals surface area (Å²) in [6, 6.07) is 14.5. The second-order valence-electron chi connectivity index (χ2n) is 6.90. The number of anilines is 1. The summed E-state index contributed by atoms with van der Waals surface area (Å²) in [5, 5.41) is 5.04. The third kappa shape index (κ3) is 4.36. The first-order chi connectivity index (χ1) is 15.6. The van der Waals surface area contributed by atoms with Crippen molar-refractivity contribution in [3.8, 4) is 11.5 Å². The average Bonchev–Trinajstić information content (AvgIpc) is 3.40. The Morgan fingerprint density at radius 1 is 0.969 bits per heavy atom. The number of benzene rings is 1. The molecule has 1 N–H and O–H groups in total. The highest BCUT2D eigenvalue weighted by atomic mass is 32.1. The highest BCUT2D eigenvalue weighted by Crippen LogP contribution is 2.36. The molecule has 0 fully saturated rings. The summed E-state index contributed by atoms with van der Waals surface area (Å²) in [4.78, 5) is 32.8. The van der Waals surface area contributed by atoms with Crippen molar-refractivity contribution >= 4 is 34.4 Å². The highest BCUT2D eigenvalue weighted by molar-refractivity contribution is 7.11. The fourth-order valence-corrected chi connectivity index (χ4v) is 4.18. The van der Waals surface area contributed by atoms with Crippen molar-refractivity contribution in [2.45, 2.75) is 20.4 Å². The minimum atomic E-state index is -0.393. The number of rotatable bonds is 9. The van der Waals surface area contributed by atoms with Crippen LogP contribution in [0.25, 0.3) is 5.57 Å². The number of aromatic nitrogens is 1. The molecule has 1 aliphatic rings. The first-order valence-electron chi connectivity index (χ1n) is 10.3. The lowest BCUT2D eigenvalue weighted by Crippen LogP contribution is -2.32. The Kier molecular flexibility index (Phi) is 6.51. The lowest BCUT2D eigenvalue weighted by atomic mass is 10.1. The number of carbonyl (C=O) groups excluding carboxylic acids is 2. The Morgan fingerprint density at radius 2 is 1.78 bits per heavy atom. The lowest BCUT2D eigenvalue weighted by molar-refractivity contribution is -0.137. The van der Waals surface area contributed by atoms with Crippen LogP contribution in [-0.2, 0) is 16.1 Å². The van der Waals surface area contributed by atoms with Gasteiger partial charge in [-0.1, -0.05) is 12.1 Å². The number of thiophene rings is 1. The molecule has 164 valence electrons. The van der Waals surface area contributed by atoms with Gasteiger partial charge in [-0.25, -0.2) is 0 Å². The Labute approximate surface area is 190 Å². The van der Waals surface area contributed by atoms with Gasteiger partial charge in [0.05, 0.1) is 31.0 Å². The smallest absolute Gasteiger partial charge is 0.278 e. The predicted octanol–water partition coefficient (Wildman–Crippen LogP) is 4.33. The number of nitrogens with one attached hydrogen (secondary N) is 1. The van der Waals surface area contributed by atoms with E-state index in [1.54, 1.807) is 36.5 Å². The maximum absolute atomic E-state index is 13.3. The van der Waals surface area contributed by atoms with Crippen LogP contribution in [0.15, 0.2) is 65.8 Å². The fourth-order valence-electron chi connectivity index (χ4n) is 3.41. The largest absolute Gasteiger partial charge is 0.490 e. The third-order valence-corrected chi connectivity index (χ3v) is 5.68. The van der Waals surface area contributed by atoms with Gasteiger partial charge in [0, 0.05) is 22.8 Å². The molecule has 0 atom stereocenters. The Morgan fingerprint density at radius 3 is 2.47 bits per heavy atom. The molecule has 3 aromatic rings. The van der Waals surface area contributed by atoms with Gasteiger partial charge in [-0.15, -0.1) is 11.3 Å². The van der Waals surface area contributed by atoms with Gasteiger partial charge in [-0.05, 0) is 49.6 Å². The number of amides is 2. The van der Waals surface area contributed by atoms with Crippen molar-refractivity contribution in [3.05, 3.63) is 76.4 Å². The molecule has 0 saturated carbocycles. The number of ether oxygens (including phenoxy) is 2. The molecular weight excluding hydrogens is 426 g/mol. The minimum absolute atomic E-state index is 0.103. The summed E-state index contributed by atoms with van der Waals surface area (Å²) in [6.45, 7) is 4.88. The number of pyridine rings is 1. The molecule has 1 aliphatic heterocycles. The van der Waals surface area contributed by atoms with Crippen LogP contribution < -0.4 is 14.8 Å². The normalized spacial score (nSPS) is 13.6. The van der Waals surface area contributed by atoms with Crippen LogP contribution in [0.4, 0.5) is 5.69 Å². The number of hydrogen-bond donors (Lipinski definition) is 1. The molecule has 7 nitrogen and oxygen atoms in total. The summed E-state index contributed by atoms with van der Waals surface area (Å²) >= 11 is 1.41. The van der Waals surface area contributed by atoms with Crippen LogP contribution in [0.3, 0.4) is 0 Å². The van der Waals surface area contributed by atoms with Gasteiger partial charge in [-0.2, -0.15) is 0 Å². The van der Waals surface area contributed by atoms with E-state index in [-0.39, 0.29) is 18.1 Å². The van der Waals surface area contributed by atoms with Gasteiger partial charge in [0.15, 0.2) is 11.5 Å². The third-order valence-electron chi connectivity index (χ3n) is 4.79. The zero-order valence-electron chi connectivity index (χ0n) is 17.8. The van der Waals surface area contributed by atoms with E-state index < -0.39 is 5.91 Å². The van der Waals surface area contributed by atoms with E-state index in [1.165, 1.54) is 16.2 Å². The Balaban J connectivity index is 1.69. The first-order valence-corrected chi connectivity index (χ1v) is 11.2. The molecule has 0 spiro atoms. The molecule has 0 bridgehead atoms. The van der Waals surface area contributed by atoms with Crippen molar-refractivity contribution in [1.29, 1.82) is 0 Å². The molecular formula is C24H23N3O4S. The van der Waals surface area contributed by atoms with Gasteiger partial charge in [-0.3, -0.25) is 19.5 Å². The summed E-state index contributed by atoms with van der Waals surface area (Å²) in [5.74, 6) is 0.454. The number of hydrogen-bond acceptors (Lipinski definition) is 7. The van der Waals surface area contributed by atoms with E-state index in [4.69, 9.17) is 9.47 Å². The maximum Gasteiger partial charge on any atom is 0.278 e. The van der Waals surface area contributed by atoms with Crippen LogP contribution in [0.5, 0.6) is 11.5 Å². The van der Waals surface area contributed by atoms with Gasteiger partial charge >= 0.3 is 0 Å². The molecule has 0 saturated heterocycles. The standard InChI is InChI=1S/C24H23N3O4S/c1-3-30-18-11-10-16(14-19(18)31-4-2)26-22-21(20-9-7-13-32-20)23(28)27(24(22)29)15-17-8-5-6-12-25-17/h5-14,26H,3-4,15H2,1-2H3. The number of imide groups is 1. The van der Waals surface area contributed by atoms with Crippen molar-refractivity contribution in [2.75, 3.05) is 18.5 Å². The van der Waals surface area contributed by atoms with E-state index >= 15 is 0 Å². The van der Waals surface area contributed by atoms with Gasteiger partial charge in [0.1, 0.15) is 5.70 Å². The number of nitrogens with zero attached hydrogens (tertiary/aromatic N) is 2. The van der Waals surface area contributed by atoms with Crippen LogP contribution in [-0.4, -0.2) is 34.9 Å². The molecule has 2 amide bonds. The van der Waals surface area contributed by atoms with E-state index in [0.29, 0.717) is 41.7 Å². The summed E-state index contributed by atoms with van der Waals surface area (Å²) < 4.78 is 11.3. The molecule has 0 aliphatic carbocycles. The fraction of sp³-hybridized carbons (Fsp3) is 0.208. The molecule has 0 unspecified atom stereocenters. The zero-order chi connectivity index (χ0) is 22.5. The van der Waals surface area contributed by atoms with E-state index in [1.807, 2.05) is 37.4 Å². The maximum atomic E-state index is 13.3. The quantitative estimate of drug-likeness (QED) is 0.490. The van der Waals surface area contributed by atoms with Gasteiger partial charge in [0.2, 0.25) is 0 Å². The summed E-state index contributed by atoms with van der Waals surface area (Å²) in [6.07, 6.45) is 1.64. The molecule has 1 aromatic carbocycles. The van der Waals surface area contributed by atoms with Crippen molar-refractivity contribution in [1.82, 2.24) is 9.88 Å².